The summed E-state index contributed by atoms with van der Waals surface area (Å²) in [4.78, 5) is 12.7. The average Bonchev–Trinajstić information content (AvgIpc) is 3.01. The van der Waals surface area contributed by atoms with Crippen molar-refractivity contribution in [3.8, 4) is 5.75 Å². The van der Waals surface area contributed by atoms with Gasteiger partial charge in [-0.25, -0.2) is 0 Å². The molecule has 1 fully saturated rings. The molecule has 1 aliphatic rings. The third-order valence-electron chi connectivity index (χ3n) is 2.39. The van der Waals surface area contributed by atoms with Gasteiger partial charge in [-0.15, -0.1) is 0 Å². The smallest absolute Gasteiger partial charge is 0.150 e. The number of ether oxygens (including phenoxy) is 1. The number of carbonyl (C=O) groups excluding carboxylic acids is 1. The van der Waals surface area contributed by atoms with Crippen LogP contribution >= 0.6 is 0 Å². The molecule has 3 nitrogen and oxygen atoms in total. The molecule has 0 heterocycles. The number of hydrogen-bond acceptors (Lipinski definition) is 3. The minimum absolute atomic E-state index is 0.363. The Bertz CT molecular complexity index is 370. The molecule has 3 heteroatoms. The van der Waals surface area contributed by atoms with Gasteiger partial charge in [0, 0.05) is 31.4 Å². The summed E-state index contributed by atoms with van der Waals surface area (Å²) < 4.78 is 5.67. The number of aldehydes is 1. The number of hydrogen-bond donors (Lipinski definition) is 0. The Labute approximate surface area is 89.7 Å². The second kappa shape index (κ2) is 3.93. The van der Waals surface area contributed by atoms with Crippen LogP contribution in [0, 0.1) is 0 Å². The highest BCUT2D eigenvalue weighted by molar-refractivity contribution is 5.78. The Hall–Kier alpha value is -1.51. The second-order valence-corrected chi connectivity index (χ2v) is 4.09. The summed E-state index contributed by atoms with van der Waals surface area (Å²) in [5.41, 5.74) is 1.66. The Kier molecular flexibility index (Phi) is 2.62. The zero-order valence-electron chi connectivity index (χ0n) is 9.06. The summed E-state index contributed by atoms with van der Waals surface area (Å²) in [7, 11) is 3.90. The van der Waals surface area contributed by atoms with Crippen LogP contribution in [0.25, 0.3) is 0 Å². The van der Waals surface area contributed by atoms with Crippen molar-refractivity contribution in [2.24, 2.45) is 0 Å². The molecule has 15 heavy (non-hydrogen) atoms. The van der Waals surface area contributed by atoms with Crippen molar-refractivity contribution in [3.63, 3.8) is 0 Å². The largest absolute Gasteiger partial charge is 0.490 e. The molecule has 1 aliphatic carbocycles. The van der Waals surface area contributed by atoms with E-state index in [-0.39, 0.29) is 0 Å². The van der Waals surface area contributed by atoms with E-state index in [0.717, 1.165) is 30.6 Å². The summed E-state index contributed by atoms with van der Waals surface area (Å²) in [6, 6.07) is 5.61. The maximum Gasteiger partial charge on any atom is 0.150 e. The highest BCUT2D eigenvalue weighted by Gasteiger charge is 2.23. The van der Waals surface area contributed by atoms with E-state index in [2.05, 4.69) is 0 Å². The van der Waals surface area contributed by atoms with E-state index in [1.165, 1.54) is 0 Å². The molecule has 0 atom stereocenters. The van der Waals surface area contributed by atoms with Gasteiger partial charge in [0.25, 0.3) is 0 Å². The lowest BCUT2D eigenvalue weighted by Crippen LogP contribution is -2.09. The molecule has 0 aliphatic heterocycles. The zero-order valence-corrected chi connectivity index (χ0v) is 9.06. The number of rotatable bonds is 4. The maximum absolute atomic E-state index is 10.8. The summed E-state index contributed by atoms with van der Waals surface area (Å²) in [6.07, 6.45) is 3.47. The number of benzene rings is 1. The monoisotopic (exact) mass is 205 g/mol. The molecule has 1 aromatic carbocycles. The highest BCUT2D eigenvalue weighted by atomic mass is 16.5. The van der Waals surface area contributed by atoms with E-state index in [9.17, 15) is 4.79 Å². The van der Waals surface area contributed by atoms with Gasteiger partial charge in [-0.05, 0) is 25.0 Å². The molecule has 0 saturated heterocycles. The summed E-state index contributed by atoms with van der Waals surface area (Å²) in [6.45, 7) is 0. The standard InChI is InChI=1S/C12H15NO2/c1-13(2)10-5-9(8-14)6-12(7-10)15-11-3-4-11/h5-8,11H,3-4H2,1-2H3. The zero-order chi connectivity index (χ0) is 10.8. The van der Waals surface area contributed by atoms with Gasteiger partial charge in [-0.1, -0.05) is 0 Å². The number of carbonyl (C=O) groups is 1. The van der Waals surface area contributed by atoms with Gasteiger partial charge in [0.05, 0.1) is 6.10 Å². The molecule has 0 N–H and O–H groups in total. The van der Waals surface area contributed by atoms with Crippen molar-refractivity contribution in [1.82, 2.24) is 0 Å². The Morgan fingerprint density at radius 1 is 1.33 bits per heavy atom. The van der Waals surface area contributed by atoms with Crippen molar-refractivity contribution in [3.05, 3.63) is 23.8 Å². The molecule has 1 aromatic rings. The summed E-state index contributed by atoms with van der Waals surface area (Å²) in [5.74, 6) is 0.797. The van der Waals surface area contributed by atoms with Gasteiger partial charge in [-0.2, -0.15) is 0 Å². The first kappa shape index (κ1) is 10.0. The van der Waals surface area contributed by atoms with Crippen LogP contribution in [0.1, 0.15) is 23.2 Å². The fourth-order valence-corrected chi connectivity index (χ4v) is 1.38. The van der Waals surface area contributed by atoms with E-state index in [4.69, 9.17) is 4.74 Å². The van der Waals surface area contributed by atoms with E-state index in [0.29, 0.717) is 11.7 Å². The summed E-state index contributed by atoms with van der Waals surface area (Å²) >= 11 is 0. The predicted octanol–water partition coefficient (Wildman–Crippen LogP) is 2.11. The molecule has 0 spiro atoms. The first-order valence-corrected chi connectivity index (χ1v) is 5.13. The van der Waals surface area contributed by atoms with Crippen LogP contribution in [0.3, 0.4) is 0 Å². The third-order valence-corrected chi connectivity index (χ3v) is 2.39. The average molecular weight is 205 g/mol. The van der Waals surface area contributed by atoms with Crippen molar-refractivity contribution in [1.29, 1.82) is 0 Å². The molecule has 80 valence electrons. The van der Waals surface area contributed by atoms with Gasteiger partial charge >= 0.3 is 0 Å². The first-order chi connectivity index (χ1) is 7.19. The fourth-order valence-electron chi connectivity index (χ4n) is 1.38. The Morgan fingerprint density at radius 3 is 2.60 bits per heavy atom. The summed E-state index contributed by atoms with van der Waals surface area (Å²) in [5, 5.41) is 0. The van der Waals surface area contributed by atoms with Crippen LogP contribution in [0.5, 0.6) is 5.75 Å². The quantitative estimate of drug-likeness (QED) is 0.705. The van der Waals surface area contributed by atoms with E-state index >= 15 is 0 Å². The molecule has 0 unspecified atom stereocenters. The Balaban J connectivity index is 2.27. The van der Waals surface area contributed by atoms with Gasteiger partial charge in [0.15, 0.2) is 0 Å². The molecule has 0 radical (unpaired) electrons. The molecule has 0 bridgehead atoms. The lowest BCUT2D eigenvalue weighted by atomic mass is 10.2. The van der Waals surface area contributed by atoms with Gasteiger partial charge in [-0.3, -0.25) is 4.79 Å². The highest BCUT2D eigenvalue weighted by Crippen LogP contribution is 2.29. The maximum atomic E-state index is 10.8. The van der Waals surface area contributed by atoms with E-state index < -0.39 is 0 Å². The van der Waals surface area contributed by atoms with Crippen LogP contribution in [0.4, 0.5) is 5.69 Å². The van der Waals surface area contributed by atoms with Crippen molar-refractivity contribution in [2.45, 2.75) is 18.9 Å². The molecule has 2 rings (SSSR count). The number of nitrogens with zero attached hydrogens (tertiary/aromatic N) is 1. The van der Waals surface area contributed by atoms with Gasteiger partial charge in [0.1, 0.15) is 12.0 Å². The predicted molar refractivity (Wildman–Crippen MR) is 59.8 cm³/mol. The minimum Gasteiger partial charge on any atom is -0.490 e. The van der Waals surface area contributed by atoms with Gasteiger partial charge < -0.3 is 9.64 Å². The first-order valence-electron chi connectivity index (χ1n) is 5.13. The van der Waals surface area contributed by atoms with Gasteiger partial charge in [0.2, 0.25) is 0 Å². The lowest BCUT2D eigenvalue weighted by molar-refractivity contribution is 0.112. The molecule has 1 saturated carbocycles. The van der Waals surface area contributed by atoms with Crippen LogP contribution in [0.2, 0.25) is 0 Å². The van der Waals surface area contributed by atoms with Crippen LogP contribution < -0.4 is 9.64 Å². The van der Waals surface area contributed by atoms with Crippen LogP contribution in [-0.4, -0.2) is 26.5 Å². The van der Waals surface area contributed by atoms with Crippen molar-refractivity contribution < 1.29 is 9.53 Å². The lowest BCUT2D eigenvalue weighted by Gasteiger charge is -2.15. The molecular weight excluding hydrogens is 190 g/mol. The van der Waals surface area contributed by atoms with E-state index in [1.54, 1.807) is 6.07 Å². The SMILES string of the molecule is CN(C)c1cc(C=O)cc(OC2CC2)c1. The Morgan fingerprint density at radius 2 is 2.07 bits per heavy atom. The van der Waals surface area contributed by atoms with Crippen LogP contribution in [-0.2, 0) is 0 Å². The number of anilines is 1. The fraction of sp³-hybridized carbons (Fsp3) is 0.417. The topological polar surface area (TPSA) is 29.5 Å². The third kappa shape index (κ3) is 2.49. The van der Waals surface area contributed by atoms with E-state index in [1.807, 2.05) is 31.1 Å². The van der Waals surface area contributed by atoms with Crippen LogP contribution in [0.15, 0.2) is 18.2 Å². The molecule has 0 amide bonds. The molecule has 0 aromatic heterocycles. The minimum atomic E-state index is 0.363. The van der Waals surface area contributed by atoms with Crippen molar-refractivity contribution >= 4 is 12.0 Å². The molecular formula is C12H15NO2. The van der Waals surface area contributed by atoms with Crippen molar-refractivity contribution in [2.75, 3.05) is 19.0 Å². The second-order valence-electron chi connectivity index (χ2n) is 4.09. The normalized spacial score (nSPS) is 14.8.